The van der Waals surface area contributed by atoms with Gasteiger partial charge in [-0.05, 0) is 56.3 Å². The molecule has 1 aromatic rings. The zero-order chi connectivity index (χ0) is 12.8. The van der Waals surface area contributed by atoms with Crippen LogP contribution in [0, 0.1) is 6.92 Å². The lowest BCUT2D eigenvalue weighted by Gasteiger charge is -2.29. The van der Waals surface area contributed by atoms with Gasteiger partial charge in [0.05, 0.1) is 6.10 Å². The van der Waals surface area contributed by atoms with Gasteiger partial charge in [0.2, 0.25) is 0 Å². The number of nitrogens with one attached hydrogen (secondary N) is 1. The van der Waals surface area contributed by atoms with Gasteiger partial charge < -0.3 is 15.3 Å². The van der Waals surface area contributed by atoms with E-state index in [-0.39, 0.29) is 6.10 Å². The molecule has 0 unspecified atom stereocenters. The Morgan fingerprint density at radius 3 is 2.89 bits per heavy atom. The molecule has 0 bridgehead atoms. The van der Waals surface area contributed by atoms with E-state index in [0.29, 0.717) is 0 Å². The lowest BCUT2D eigenvalue weighted by atomic mass is 10.1. The maximum atomic E-state index is 9.43. The van der Waals surface area contributed by atoms with Crippen molar-refractivity contribution in [2.24, 2.45) is 0 Å². The molecule has 2 N–H and O–H groups in total. The summed E-state index contributed by atoms with van der Waals surface area (Å²) in [6.45, 7) is 7.53. The topological polar surface area (TPSA) is 35.5 Å². The number of nitrogens with zero attached hydrogens (tertiary/aromatic N) is 1. The summed E-state index contributed by atoms with van der Waals surface area (Å²) >= 11 is 1.84. The van der Waals surface area contributed by atoms with Crippen molar-refractivity contribution in [3.63, 3.8) is 0 Å². The maximum absolute atomic E-state index is 9.43. The summed E-state index contributed by atoms with van der Waals surface area (Å²) in [6.07, 6.45) is 3.03. The molecule has 0 radical (unpaired) electrons. The molecule has 4 heteroatoms. The third-order valence-corrected chi connectivity index (χ3v) is 4.66. The average molecular weight is 268 g/mol. The molecule has 1 aliphatic heterocycles. The van der Waals surface area contributed by atoms with Crippen molar-refractivity contribution in [3.05, 3.63) is 21.9 Å². The van der Waals surface area contributed by atoms with Crippen LogP contribution >= 0.6 is 11.3 Å². The molecule has 2 rings (SSSR count). The van der Waals surface area contributed by atoms with Gasteiger partial charge >= 0.3 is 0 Å². The lowest BCUT2D eigenvalue weighted by molar-refractivity contribution is 0.0821. The van der Waals surface area contributed by atoms with Crippen LogP contribution in [0.15, 0.2) is 11.4 Å². The average Bonchev–Trinajstić information content (AvgIpc) is 2.77. The molecule has 2 heterocycles. The Hall–Kier alpha value is -0.420. The molecule has 0 spiro atoms. The Balaban J connectivity index is 1.53. The van der Waals surface area contributed by atoms with Crippen molar-refractivity contribution >= 4 is 11.3 Å². The first kappa shape index (κ1) is 14.0. The van der Waals surface area contributed by atoms with Crippen molar-refractivity contribution in [3.8, 4) is 0 Å². The molecule has 0 aliphatic carbocycles. The van der Waals surface area contributed by atoms with Crippen LogP contribution in [-0.2, 0) is 6.54 Å². The van der Waals surface area contributed by atoms with Gasteiger partial charge in [-0.1, -0.05) is 0 Å². The number of thiophene rings is 1. The predicted octanol–water partition coefficient (Wildman–Crippen LogP) is 1.99. The SMILES string of the molecule is Cc1ccsc1CNCCCN1CCC(O)CC1. The van der Waals surface area contributed by atoms with E-state index in [9.17, 15) is 5.11 Å². The molecule has 0 atom stereocenters. The summed E-state index contributed by atoms with van der Waals surface area (Å²) in [5.74, 6) is 0. The van der Waals surface area contributed by atoms with E-state index in [2.05, 4.69) is 28.6 Å². The molecule has 18 heavy (non-hydrogen) atoms. The van der Waals surface area contributed by atoms with E-state index < -0.39 is 0 Å². The van der Waals surface area contributed by atoms with Crippen molar-refractivity contribution in [2.75, 3.05) is 26.2 Å². The Kier molecular flexibility index (Phi) is 5.63. The van der Waals surface area contributed by atoms with Gasteiger partial charge in [0.15, 0.2) is 0 Å². The van der Waals surface area contributed by atoms with Gasteiger partial charge in [-0.2, -0.15) is 0 Å². The molecule has 1 aromatic heterocycles. The summed E-state index contributed by atoms with van der Waals surface area (Å²) in [5.41, 5.74) is 1.40. The number of hydrogen-bond acceptors (Lipinski definition) is 4. The molecule has 3 nitrogen and oxygen atoms in total. The van der Waals surface area contributed by atoms with Crippen molar-refractivity contribution in [1.82, 2.24) is 10.2 Å². The van der Waals surface area contributed by atoms with E-state index in [1.54, 1.807) is 0 Å². The van der Waals surface area contributed by atoms with Crippen molar-refractivity contribution in [2.45, 2.75) is 38.8 Å². The highest BCUT2D eigenvalue weighted by atomic mass is 32.1. The molecular formula is C14H24N2OS. The molecule has 0 saturated carbocycles. The highest BCUT2D eigenvalue weighted by Gasteiger charge is 2.15. The normalized spacial score (nSPS) is 18.3. The van der Waals surface area contributed by atoms with Crippen molar-refractivity contribution < 1.29 is 5.11 Å². The van der Waals surface area contributed by atoms with Gasteiger partial charge in [-0.15, -0.1) is 11.3 Å². The Morgan fingerprint density at radius 2 is 2.22 bits per heavy atom. The molecule has 1 fully saturated rings. The minimum Gasteiger partial charge on any atom is -0.393 e. The number of aliphatic hydroxyl groups excluding tert-OH is 1. The number of rotatable bonds is 6. The fourth-order valence-corrected chi connectivity index (χ4v) is 3.23. The van der Waals surface area contributed by atoms with Crippen LogP contribution in [0.25, 0.3) is 0 Å². The van der Waals surface area contributed by atoms with Crippen LogP contribution in [0.3, 0.4) is 0 Å². The lowest BCUT2D eigenvalue weighted by Crippen LogP contribution is -2.37. The van der Waals surface area contributed by atoms with Gasteiger partial charge in [0, 0.05) is 24.5 Å². The Bertz CT molecular complexity index is 345. The van der Waals surface area contributed by atoms with E-state index in [4.69, 9.17) is 0 Å². The largest absolute Gasteiger partial charge is 0.393 e. The van der Waals surface area contributed by atoms with Crippen LogP contribution in [0.4, 0.5) is 0 Å². The first-order valence-electron chi connectivity index (χ1n) is 6.90. The number of aliphatic hydroxyl groups is 1. The van der Waals surface area contributed by atoms with Crippen LogP contribution in [0.2, 0.25) is 0 Å². The van der Waals surface area contributed by atoms with Gasteiger partial charge in [0.1, 0.15) is 0 Å². The molecule has 0 amide bonds. The van der Waals surface area contributed by atoms with Gasteiger partial charge in [0.25, 0.3) is 0 Å². The maximum Gasteiger partial charge on any atom is 0.0564 e. The third kappa shape index (κ3) is 4.35. The highest BCUT2D eigenvalue weighted by molar-refractivity contribution is 7.10. The summed E-state index contributed by atoms with van der Waals surface area (Å²) < 4.78 is 0. The fourth-order valence-electron chi connectivity index (χ4n) is 2.36. The van der Waals surface area contributed by atoms with Crippen LogP contribution in [0.5, 0.6) is 0 Å². The number of hydrogen-bond donors (Lipinski definition) is 2. The molecule has 0 aromatic carbocycles. The van der Waals surface area contributed by atoms with E-state index >= 15 is 0 Å². The summed E-state index contributed by atoms with van der Waals surface area (Å²) in [6, 6.07) is 2.18. The summed E-state index contributed by atoms with van der Waals surface area (Å²) in [5, 5.41) is 15.1. The van der Waals surface area contributed by atoms with E-state index in [1.165, 1.54) is 16.9 Å². The Labute approximate surface area is 114 Å². The standard InChI is InChI=1S/C14H24N2OS/c1-12-5-10-18-14(12)11-15-6-2-7-16-8-3-13(17)4-9-16/h5,10,13,15,17H,2-4,6-9,11H2,1H3. The first-order chi connectivity index (χ1) is 8.75. The highest BCUT2D eigenvalue weighted by Crippen LogP contribution is 2.14. The Morgan fingerprint density at radius 1 is 1.44 bits per heavy atom. The summed E-state index contributed by atoms with van der Waals surface area (Å²) in [7, 11) is 0. The molecular weight excluding hydrogens is 244 g/mol. The predicted molar refractivity (Wildman–Crippen MR) is 77.1 cm³/mol. The minimum absolute atomic E-state index is 0.0545. The molecule has 1 saturated heterocycles. The second kappa shape index (κ2) is 7.24. The van der Waals surface area contributed by atoms with E-state index in [1.807, 2.05) is 11.3 Å². The fraction of sp³-hybridized carbons (Fsp3) is 0.714. The number of aryl methyl sites for hydroxylation is 1. The van der Waals surface area contributed by atoms with Gasteiger partial charge in [-0.25, -0.2) is 0 Å². The van der Waals surface area contributed by atoms with Crippen molar-refractivity contribution in [1.29, 1.82) is 0 Å². The zero-order valence-electron chi connectivity index (χ0n) is 11.2. The number of piperidine rings is 1. The second-order valence-electron chi connectivity index (χ2n) is 5.13. The van der Waals surface area contributed by atoms with Crippen LogP contribution in [0.1, 0.15) is 29.7 Å². The second-order valence-corrected chi connectivity index (χ2v) is 6.13. The molecule has 102 valence electrons. The minimum atomic E-state index is -0.0545. The van der Waals surface area contributed by atoms with Crippen LogP contribution in [-0.4, -0.2) is 42.3 Å². The third-order valence-electron chi connectivity index (χ3n) is 3.64. The quantitative estimate of drug-likeness (QED) is 0.775. The van der Waals surface area contributed by atoms with Gasteiger partial charge in [-0.3, -0.25) is 0 Å². The summed E-state index contributed by atoms with van der Waals surface area (Å²) in [4.78, 5) is 3.92. The van der Waals surface area contributed by atoms with Crippen LogP contribution < -0.4 is 5.32 Å². The smallest absolute Gasteiger partial charge is 0.0564 e. The first-order valence-corrected chi connectivity index (χ1v) is 7.78. The monoisotopic (exact) mass is 268 g/mol. The number of likely N-dealkylation sites (tertiary alicyclic amines) is 1. The van der Waals surface area contributed by atoms with E-state index in [0.717, 1.165) is 45.6 Å². The zero-order valence-corrected chi connectivity index (χ0v) is 12.0. The molecule has 1 aliphatic rings.